The third kappa shape index (κ3) is 2.82. The number of benzene rings is 3. The minimum Gasteiger partial charge on any atom is -0.309 e. The van der Waals surface area contributed by atoms with Crippen LogP contribution in [-0.2, 0) is 9.90 Å². The van der Waals surface area contributed by atoms with E-state index in [0.29, 0.717) is 0 Å². The molecule has 0 bridgehead atoms. The van der Waals surface area contributed by atoms with Gasteiger partial charge in [-0.1, -0.05) is 101 Å². The molecule has 0 radical (unpaired) electrons. The first-order valence-electron chi connectivity index (χ1n) is 7.12. The highest BCUT2D eigenvalue weighted by atomic mass is 79.9. The normalized spacial score (nSPS) is 11.3. The second-order valence-electron chi connectivity index (χ2n) is 5.08. The van der Waals surface area contributed by atoms with Crippen molar-refractivity contribution >= 4 is 39.0 Å². The second-order valence-corrected chi connectivity index (χ2v) is 8.41. The Morgan fingerprint density at radius 1 is 0.636 bits per heavy atom. The van der Waals surface area contributed by atoms with Crippen molar-refractivity contribution in [1.29, 1.82) is 0 Å². The van der Waals surface area contributed by atoms with Crippen LogP contribution in [0.5, 0.6) is 0 Å². The van der Waals surface area contributed by atoms with Crippen molar-refractivity contribution in [3.63, 3.8) is 0 Å². The molecule has 0 spiro atoms. The van der Waals surface area contributed by atoms with Crippen LogP contribution in [-0.4, -0.2) is 0 Å². The fraction of sp³-hybridized carbons (Fsp3) is 0.0526. The Kier molecular flexibility index (Phi) is 4.61. The fourth-order valence-electron chi connectivity index (χ4n) is 2.52. The fourth-order valence-corrected chi connectivity index (χ4v) is 5.54. The van der Waals surface area contributed by atoms with Crippen molar-refractivity contribution in [2.45, 2.75) is 5.33 Å². The second kappa shape index (κ2) is 6.64. The van der Waals surface area contributed by atoms with Gasteiger partial charge in [-0.15, -0.1) is 0 Å². The van der Waals surface area contributed by atoms with Crippen molar-refractivity contribution in [1.82, 2.24) is 0 Å². The van der Waals surface area contributed by atoms with Gasteiger partial charge in [0.2, 0.25) is 0 Å². The summed E-state index contributed by atoms with van der Waals surface area (Å²) < 4.78 is 14.0. The molecule has 0 saturated carbocycles. The van der Waals surface area contributed by atoms with E-state index in [0.717, 1.165) is 21.2 Å². The van der Waals surface area contributed by atoms with E-state index in [9.17, 15) is 4.57 Å². The minimum atomic E-state index is -2.82. The first-order chi connectivity index (χ1) is 10.7. The average molecular weight is 371 g/mol. The maximum atomic E-state index is 14.0. The van der Waals surface area contributed by atoms with Gasteiger partial charge < -0.3 is 4.57 Å². The summed E-state index contributed by atoms with van der Waals surface area (Å²) in [4.78, 5) is 0. The number of rotatable bonds is 4. The lowest BCUT2D eigenvalue weighted by Gasteiger charge is -2.20. The molecule has 0 aliphatic heterocycles. The van der Waals surface area contributed by atoms with E-state index in [1.807, 2.05) is 84.9 Å². The summed E-state index contributed by atoms with van der Waals surface area (Å²) in [5.74, 6) is 0. The van der Waals surface area contributed by atoms with E-state index in [1.54, 1.807) is 0 Å². The largest absolute Gasteiger partial charge is 0.309 e. The summed E-state index contributed by atoms with van der Waals surface area (Å²) >= 11 is 3.45. The summed E-state index contributed by atoms with van der Waals surface area (Å²) in [6.45, 7) is 0. The maximum absolute atomic E-state index is 14.0. The van der Waals surface area contributed by atoms with Gasteiger partial charge in [0.05, 0.1) is 0 Å². The molecule has 0 aromatic heterocycles. The Morgan fingerprint density at radius 2 is 1.05 bits per heavy atom. The van der Waals surface area contributed by atoms with Crippen molar-refractivity contribution in [3.05, 3.63) is 90.5 Å². The van der Waals surface area contributed by atoms with Crippen LogP contribution in [0.15, 0.2) is 84.9 Å². The van der Waals surface area contributed by atoms with Gasteiger partial charge >= 0.3 is 0 Å². The summed E-state index contributed by atoms with van der Waals surface area (Å²) in [5, 5.41) is 3.41. The predicted octanol–water partition coefficient (Wildman–Crippen LogP) is 4.22. The van der Waals surface area contributed by atoms with Gasteiger partial charge in [0.1, 0.15) is 0 Å². The molecule has 22 heavy (non-hydrogen) atoms. The summed E-state index contributed by atoms with van der Waals surface area (Å²) in [6.07, 6.45) is 0. The molecule has 0 N–H and O–H groups in total. The number of halogens is 1. The Morgan fingerprint density at radius 3 is 1.45 bits per heavy atom. The van der Waals surface area contributed by atoms with Gasteiger partial charge in [0.15, 0.2) is 7.14 Å². The minimum absolute atomic E-state index is 0.800. The van der Waals surface area contributed by atoms with E-state index in [-0.39, 0.29) is 0 Å². The third-order valence-electron chi connectivity index (χ3n) is 3.69. The molecule has 0 amide bonds. The van der Waals surface area contributed by atoms with Crippen molar-refractivity contribution in [2.75, 3.05) is 0 Å². The number of hydrogen-bond acceptors (Lipinski definition) is 1. The van der Waals surface area contributed by atoms with E-state index in [1.165, 1.54) is 5.56 Å². The molecular weight excluding hydrogens is 355 g/mol. The molecule has 0 aliphatic rings. The molecule has 0 unspecified atom stereocenters. The van der Waals surface area contributed by atoms with Gasteiger partial charge in [-0.25, -0.2) is 0 Å². The predicted molar refractivity (Wildman–Crippen MR) is 98.5 cm³/mol. The van der Waals surface area contributed by atoms with Crippen LogP contribution in [0.25, 0.3) is 0 Å². The van der Waals surface area contributed by atoms with Crippen LogP contribution in [0.4, 0.5) is 0 Å². The molecule has 0 aliphatic carbocycles. The maximum Gasteiger partial charge on any atom is 0.171 e. The smallest absolute Gasteiger partial charge is 0.171 e. The van der Waals surface area contributed by atoms with Crippen molar-refractivity contribution in [3.8, 4) is 0 Å². The summed E-state index contributed by atoms with van der Waals surface area (Å²) in [5.41, 5.74) is 1.18. The lowest BCUT2D eigenvalue weighted by atomic mass is 10.2. The SMILES string of the molecule is O=P(c1ccccc1)(c1ccccc1)c1ccc(CBr)cc1. The molecule has 1 nitrogen and oxygen atoms in total. The Hall–Kier alpha value is -1.63. The molecule has 0 atom stereocenters. The Balaban J connectivity index is 2.21. The molecule has 3 aromatic rings. The standard InChI is InChI=1S/C19H16BrOP/c20-15-16-11-13-19(14-12-16)22(21,17-7-3-1-4-8-17)18-9-5-2-6-10-18/h1-14H,15H2. The van der Waals surface area contributed by atoms with Crippen LogP contribution in [0, 0.1) is 0 Å². The quantitative estimate of drug-likeness (QED) is 0.496. The van der Waals surface area contributed by atoms with E-state index in [2.05, 4.69) is 15.9 Å². The summed E-state index contributed by atoms with van der Waals surface area (Å²) in [7, 11) is -2.82. The average Bonchev–Trinajstić information content (AvgIpc) is 2.62. The van der Waals surface area contributed by atoms with Gasteiger partial charge in [-0.05, 0) is 5.56 Å². The zero-order valence-electron chi connectivity index (χ0n) is 12.0. The number of alkyl halides is 1. The topological polar surface area (TPSA) is 17.1 Å². The zero-order valence-corrected chi connectivity index (χ0v) is 14.5. The van der Waals surface area contributed by atoms with Crippen molar-refractivity contribution < 1.29 is 4.57 Å². The van der Waals surface area contributed by atoms with Gasteiger partial charge in [-0.2, -0.15) is 0 Å². The van der Waals surface area contributed by atoms with Gasteiger partial charge in [0, 0.05) is 21.2 Å². The first kappa shape index (κ1) is 15.3. The molecule has 3 rings (SSSR count). The lowest BCUT2D eigenvalue weighted by Crippen LogP contribution is -2.24. The molecule has 3 heteroatoms. The highest BCUT2D eigenvalue weighted by molar-refractivity contribution is 9.08. The highest BCUT2D eigenvalue weighted by Crippen LogP contribution is 2.42. The van der Waals surface area contributed by atoms with Crippen LogP contribution in [0.3, 0.4) is 0 Å². The van der Waals surface area contributed by atoms with Crippen LogP contribution >= 0.6 is 23.1 Å². The summed E-state index contributed by atoms with van der Waals surface area (Å²) in [6, 6.07) is 27.5. The van der Waals surface area contributed by atoms with Crippen molar-refractivity contribution in [2.24, 2.45) is 0 Å². The van der Waals surface area contributed by atoms with Gasteiger partial charge in [0.25, 0.3) is 0 Å². The van der Waals surface area contributed by atoms with Crippen LogP contribution in [0.1, 0.15) is 5.56 Å². The molecule has 0 heterocycles. The highest BCUT2D eigenvalue weighted by Gasteiger charge is 2.29. The van der Waals surface area contributed by atoms with Crippen LogP contribution < -0.4 is 15.9 Å². The zero-order chi connectivity index (χ0) is 15.4. The lowest BCUT2D eigenvalue weighted by molar-refractivity contribution is 0.592. The van der Waals surface area contributed by atoms with Crippen LogP contribution in [0.2, 0.25) is 0 Å². The number of hydrogen-bond donors (Lipinski definition) is 0. The molecular formula is C19H16BrOP. The van der Waals surface area contributed by atoms with E-state index in [4.69, 9.17) is 0 Å². The Bertz CT molecular complexity index is 739. The van der Waals surface area contributed by atoms with Gasteiger partial charge in [-0.3, -0.25) is 0 Å². The molecule has 110 valence electrons. The molecule has 0 fully saturated rings. The first-order valence-corrected chi connectivity index (χ1v) is 9.95. The third-order valence-corrected chi connectivity index (χ3v) is 7.42. The van der Waals surface area contributed by atoms with E-state index < -0.39 is 7.14 Å². The molecule has 0 saturated heterocycles. The monoisotopic (exact) mass is 370 g/mol. The molecule has 3 aromatic carbocycles. The Labute approximate surface area is 139 Å². The van der Waals surface area contributed by atoms with E-state index >= 15 is 0 Å².